The highest BCUT2D eigenvalue weighted by Gasteiger charge is 2.18. The van der Waals surface area contributed by atoms with Gasteiger partial charge in [0.05, 0.1) is 13.2 Å². The molecular formula is C10H17F2N3O. The molecule has 0 aliphatic carbocycles. The lowest BCUT2D eigenvalue weighted by molar-refractivity contribution is 0.0653. The van der Waals surface area contributed by atoms with Crippen molar-refractivity contribution in [2.24, 2.45) is 0 Å². The number of rotatable bonds is 6. The van der Waals surface area contributed by atoms with E-state index in [1.807, 2.05) is 13.8 Å². The molecule has 0 aromatic carbocycles. The zero-order valence-electron chi connectivity index (χ0n) is 9.70. The van der Waals surface area contributed by atoms with E-state index < -0.39 is 6.55 Å². The normalized spacial score (nSPS) is 12.4. The Morgan fingerprint density at radius 3 is 2.81 bits per heavy atom. The summed E-state index contributed by atoms with van der Waals surface area (Å²) in [5.41, 5.74) is -0.270. The summed E-state index contributed by atoms with van der Waals surface area (Å²) in [6.45, 7) is 2.11. The molecule has 4 nitrogen and oxygen atoms in total. The Labute approximate surface area is 93.6 Å². The van der Waals surface area contributed by atoms with E-state index in [2.05, 4.69) is 10.3 Å². The van der Waals surface area contributed by atoms with Gasteiger partial charge in [0.2, 0.25) is 0 Å². The summed E-state index contributed by atoms with van der Waals surface area (Å²) in [6, 6.07) is 0. The molecule has 0 atom stereocenters. The maximum Gasteiger partial charge on any atom is 0.319 e. The first-order valence-electron chi connectivity index (χ1n) is 5.00. The minimum absolute atomic E-state index is 0.270. The van der Waals surface area contributed by atoms with E-state index in [0.717, 1.165) is 4.57 Å². The number of hydrogen-bond acceptors (Lipinski definition) is 3. The van der Waals surface area contributed by atoms with Gasteiger partial charge in [-0.25, -0.2) is 4.98 Å². The van der Waals surface area contributed by atoms with Crippen LogP contribution in [0.5, 0.6) is 0 Å². The van der Waals surface area contributed by atoms with Crippen LogP contribution >= 0.6 is 0 Å². The van der Waals surface area contributed by atoms with Crippen LogP contribution in [-0.4, -0.2) is 28.8 Å². The Bertz CT molecular complexity index is 326. The van der Waals surface area contributed by atoms with Crippen LogP contribution in [0.1, 0.15) is 26.2 Å². The van der Waals surface area contributed by atoms with E-state index in [0.29, 0.717) is 12.4 Å². The van der Waals surface area contributed by atoms with Crippen molar-refractivity contribution in [3.63, 3.8) is 0 Å². The molecule has 0 saturated heterocycles. The highest BCUT2D eigenvalue weighted by molar-refractivity contribution is 4.94. The molecule has 0 spiro atoms. The molecular weight excluding hydrogens is 216 g/mol. The molecule has 1 aromatic heterocycles. The number of ether oxygens (including phenoxy) is 1. The van der Waals surface area contributed by atoms with E-state index >= 15 is 0 Å². The van der Waals surface area contributed by atoms with E-state index in [1.54, 1.807) is 7.11 Å². The molecule has 92 valence electrons. The third kappa shape index (κ3) is 3.53. The first kappa shape index (κ1) is 13.1. The zero-order chi connectivity index (χ0) is 12.2. The second kappa shape index (κ2) is 5.36. The van der Waals surface area contributed by atoms with Crippen LogP contribution in [0.25, 0.3) is 0 Å². The lowest BCUT2D eigenvalue weighted by Gasteiger charge is -2.25. The van der Waals surface area contributed by atoms with E-state index in [1.165, 1.54) is 12.4 Å². The third-order valence-corrected chi connectivity index (χ3v) is 2.19. The Balaban J connectivity index is 2.57. The monoisotopic (exact) mass is 233 g/mol. The van der Waals surface area contributed by atoms with Gasteiger partial charge in [-0.2, -0.15) is 8.78 Å². The smallest absolute Gasteiger partial charge is 0.319 e. The summed E-state index contributed by atoms with van der Waals surface area (Å²) < 4.78 is 30.9. The average Bonchev–Trinajstić information content (AvgIpc) is 2.62. The fourth-order valence-electron chi connectivity index (χ4n) is 1.39. The minimum Gasteiger partial charge on any atom is -0.383 e. The van der Waals surface area contributed by atoms with Crippen molar-refractivity contribution in [2.45, 2.75) is 32.5 Å². The van der Waals surface area contributed by atoms with E-state index in [-0.39, 0.29) is 12.1 Å². The number of hydrogen-bond donors (Lipinski definition) is 1. The molecule has 0 saturated carbocycles. The van der Waals surface area contributed by atoms with Gasteiger partial charge in [0, 0.05) is 25.0 Å². The first-order chi connectivity index (χ1) is 7.46. The molecule has 0 amide bonds. The molecule has 6 heteroatoms. The van der Waals surface area contributed by atoms with Gasteiger partial charge in [-0.05, 0) is 13.8 Å². The van der Waals surface area contributed by atoms with Gasteiger partial charge < -0.3 is 10.1 Å². The van der Waals surface area contributed by atoms with Crippen molar-refractivity contribution in [2.75, 3.05) is 13.7 Å². The molecule has 1 aromatic rings. The fourth-order valence-corrected chi connectivity index (χ4v) is 1.39. The van der Waals surface area contributed by atoms with Crippen molar-refractivity contribution < 1.29 is 13.5 Å². The molecule has 0 fully saturated rings. The topological polar surface area (TPSA) is 39.1 Å². The predicted octanol–water partition coefficient (Wildman–Crippen LogP) is 1.79. The molecule has 0 radical (unpaired) electrons. The lowest BCUT2D eigenvalue weighted by atomic mass is 10.1. The average molecular weight is 233 g/mol. The predicted molar refractivity (Wildman–Crippen MR) is 56.3 cm³/mol. The largest absolute Gasteiger partial charge is 0.383 e. The molecule has 16 heavy (non-hydrogen) atoms. The molecule has 1 N–H and O–H groups in total. The Hall–Kier alpha value is -1.01. The van der Waals surface area contributed by atoms with Crippen molar-refractivity contribution in [1.29, 1.82) is 0 Å². The quantitative estimate of drug-likeness (QED) is 0.814. The van der Waals surface area contributed by atoms with Gasteiger partial charge in [0.15, 0.2) is 0 Å². The molecule has 0 aliphatic rings. The summed E-state index contributed by atoms with van der Waals surface area (Å²) in [5.74, 6) is 0.319. The van der Waals surface area contributed by atoms with Crippen LogP contribution in [0.2, 0.25) is 0 Å². The second-order valence-corrected chi connectivity index (χ2v) is 4.20. The summed E-state index contributed by atoms with van der Waals surface area (Å²) in [5, 5.41) is 3.12. The number of nitrogens with one attached hydrogen (secondary N) is 1. The molecule has 1 rings (SSSR count). The molecule has 0 bridgehead atoms. The van der Waals surface area contributed by atoms with Crippen molar-refractivity contribution in [1.82, 2.24) is 14.9 Å². The third-order valence-electron chi connectivity index (χ3n) is 2.19. The van der Waals surface area contributed by atoms with E-state index in [4.69, 9.17) is 4.74 Å². The van der Waals surface area contributed by atoms with E-state index in [9.17, 15) is 8.78 Å². The maximum absolute atomic E-state index is 12.5. The maximum atomic E-state index is 12.5. The Kier molecular flexibility index (Phi) is 4.37. The van der Waals surface area contributed by atoms with Crippen LogP contribution in [0.15, 0.2) is 12.4 Å². The van der Waals surface area contributed by atoms with Crippen LogP contribution in [0, 0.1) is 0 Å². The molecule has 0 aliphatic heterocycles. The van der Waals surface area contributed by atoms with Gasteiger partial charge in [-0.1, -0.05) is 0 Å². The van der Waals surface area contributed by atoms with Gasteiger partial charge in [0.25, 0.3) is 0 Å². The highest BCUT2D eigenvalue weighted by Crippen LogP contribution is 2.13. The van der Waals surface area contributed by atoms with Crippen LogP contribution in [-0.2, 0) is 11.3 Å². The van der Waals surface area contributed by atoms with Crippen LogP contribution < -0.4 is 5.32 Å². The van der Waals surface area contributed by atoms with Crippen molar-refractivity contribution in [3.8, 4) is 0 Å². The minimum atomic E-state index is -2.55. The fraction of sp³-hybridized carbons (Fsp3) is 0.700. The van der Waals surface area contributed by atoms with Gasteiger partial charge >= 0.3 is 6.55 Å². The Morgan fingerprint density at radius 1 is 1.56 bits per heavy atom. The van der Waals surface area contributed by atoms with Crippen LogP contribution in [0.4, 0.5) is 8.78 Å². The molecule has 0 unspecified atom stereocenters. The summed E-state index contributed by atoms with van der Waals surface area (Å²) in [7, 11) is 1.60. The van der Waals surface area contributed by atoms with Gasteiger partial charge in [0.1, 0.15) is 5.82 Å². The lowest BCUT2D eigenvalue weighted by Crippen LogP contribution is -2.43. The Morgan fingerprint density at radius 2 is 2.25 bits per heavy atom. The summed E-state index contributed by atoms with van der Waals surface area (Å²) in [4.78, 5) is 3.88. The number of halogens is 2. The highest BCUT2D eigenvalue weighted by atomic mass is 19.3. The number of methoxy groups -OCH3 is 1. The summed E-state index contributed by atoms with van der Waals surface area (Å²) in [6.07, 6.45) is 2.64. The number of alkyl halides is 2. The van der Waals surface area contributed by atoms with Gasteiger partial charge in [-0.3, -0.25) is 4.57 Å². The SMILES string of the molecule is COCC(C)(C)NCc1nccn1C(F)F. The number of nitrogens with zero attached hydrogens (tertiary/aromatic N) is 2. The zero-order valence-corrected chi connectivity index (χ0v) is 9.70. The van der Waals surface area contributed by atoms with Gasteiger partial charge in [-0.15, -0.1) is 0 Å². The van der Waals surface area contributed by atoms with Crippen molar-refractivity contribution in [3.05, 3.63) is 18.2 Å². The number of imidazole rings is 1. The molecule has 1 heterocycles. The van der Waals surface area contributed by atoms with Crippen molar-refractivity contribution >= 4 is 0 Å². The first-order valence-corrected chi connectivity index (χ1v) is 5.00. The van der Waals surface area contributed by atoms with Crippen LogP contribution in [0.3, 0.4) is 0 Å². The standard InChI is InChI=1S/C10H17F2N3O/c1-10(2,7-16-3)14-6-8-13-4-5-15(8)9(11)12/h4-5,9,14H,6-7H2,1-3H3. The number of aromatic nitrogens is 2. The second-order valence-electron chi connectivity index (χ2n) is 4.20. The summed E-state index contributed by atoms with van der Waals surface area (Å²) >= 11 is 0.